The number of phenolic OH excluding ortho intramolecular Hbond substituents is 6. The maximum absolute atomic E-state index is 15.9. The molecule has 0 fully saturated rings. The van der Waals surface area contributed by atoms with Gasteiger partial charge in [0.2, 0.25) is 17.4 Å². The average molecular weight is 2200 g/mol. The van der Waals surface area contributed by atoms with Crippen molar-refractivity contribution < 1.29 is 302 Å². The summed E-state index contributed by atoms with van der Waals surface area (Å²) in [5, 5.41) is 74.5. The first-order chi connectivity index (χ1) is 67.4. The molecule has 44 heteroatoms. The second-order valence-electron chi connectivity index (χ2n) is 30.4. The smallest absolute Gasteiger partial charge is 0.504 e. The molecule has 0 saturated heterocycles. The Hall–Kier alpha value is -6.00. The molecule has 0 aliphatic rings. The zero-order valence-corrected chi connectivity index (χ0v) is 92.9. The molecule has 40 nitrogen and oxygen atoms in total. The molecule has 792 valence electrons. The molecule has 6 aromatic carbocycles. The van der Waals surface area contributed by atoms with E-state index < -0.39 is 63.5 Å². The van der Waals surface area contributed by atoms with Crippen molar-refractivity contribution in [2.24, 2.45) is 5.41 Å². The fourth-order valence-corrected chi connectivity index (χ4v) is 12.8. The fraction of sp³-hybridized carbons (Fsp3) is 0.596. The Kier molecular flexibility index (Phi) is 85.2. The number of ether oxygens (including phenoxy) is 26. The van der Waals surface area contributed by atoms with Crippen LogP contribution in [0.15, 0.2) is 97.1 Å². The van der Waals surface area contributed by atoms with Crippen LogP contribution in [-0.2, 0) is 110 Å². The van der Waals surface area contributed by atoms with Gasteiger partial charge in [-0.25, -0.2) is 0 Å². The Bertz CT molecular complexity index is 3880. The second-order valence-corrected chi connectivity index (χ2v) is 30.4. The summed E-state index contributed by atoms with van der Waals surface area (Å²) in [5.41, 5.74) is -0.509. The van der Waals surface area contributed by atoms with E-state index in [2.05, 4.69) is 35.1 Å². The van der Waals surface area contributed by atoms with Gasteiger partial charge in [-0.3, -0.25) is 19.2 Å². The van der Waals surface area contributed by atoms with E-state index >= 15 is 4.79 Å². The van der Waals surface area contributed by atoms with Crippen LogP contribution in [0.1, 0.15) is 114 Å². The number of para-hydroxylation sites is 3. The number of hydrogen-bond acceptors (Lipinski definition) is 36. The molecule has 6 aromatic rings. The molecule has 10 N–H and O–H groups in total. The van der Waals surface area contributed by atoms with Crippen molar-refractivity contribution in [1.29, 1.82) is 0 Å². The van der Waals surface area contributed by atoms with Crippen LogP contribution in [-0.4, -0.2) is 354 Å². The van der Waals surface area contributed by atoms with Gasteiger partial charge in [-0.1, -0.05) is 45.9 Å². The molecule has 4 amide bonds. The van der Waals surface area contributed by atoms with Crippen molar-refractivity contribution in [2.75, 3.05) is 300 Å². The fourth-order valence-electron chi connectivity index (χ4n) is 12.8. The summed E-state index contributed by atoms with van der Waals surface area (Å²) in [6.07, 6.45) is 1.78. The van der Waals surface area contributed by atoms with Crippen LogP contribution >= 0.6 is 0 Å². The molecule has 0 unspecified atom stereocenters. The first kappa shape index (κ1) is 137. The van der Waals surface area contributed by atoms with Gasteiger partial charge in [-0.15, -0.1) is 0 Å². The molecule has 0 spiro atoms. The molecule has 0 saturated carbocycles. The molecule has 0 aromatic heterocycles. The molecule has 0 aliphatic heterocycles. The standard InChI is InChI=1S/C95H140N4O36.C3H8.CH4.Gd.3Na/c1-110-25-31-116-37-43-122-49-55-128-82-63-72(64-83(129-56-50-123-44-38-117-32-26-111-2)89(82)132-59-53-126-47-41-120-35-29-114-5)69-134-74-61-71(62-75(67-74)135-70-73-65-84(130-57-51-124-45-39-118-33-27-112-3)90(133-60-54-127-48-42-121-36-30-115-6)85(66-73)131-58-52-125-46-40-119-34-28-113-4)68-99-94(109)95(19-10-22-96-91(106)76-13-7-16-79(100)86(76)103,20-11-23-97-92(107)77-14-8-17-80(101)87(77)104)21-12-24-98-93(108)78-15-9-18-81(102)88(78)105;1-3-2;;;;;/h7-9,13-18,61-67,100-105H,10-12,19-60,68-70H2,1-6H3,(H,96,106)(H,97,107)(H,98,108)(H,99,109);3H2,1-2H3;1H4;;;;/q;;;;3*+1. The number of carbonyl (C=O) groups excluding carboxylic acids is 4. The third-order valence-corrected chi connectivity index (χ3v) is 19.7. The van der Waals surface area contributed by atoms with E-state index in [1.165, 1.54) is 61.0 Å². The van der Waals surface area contributed by atoms with E-state index in [0.717, 1.165) is 0 Å². The predicted octanol–water partition coefficient (Wildman–Crippen LogP) is 0.726. The number of carbonyl (C=O) groups is 4. The number of methoxy groups -OCH3 is 6. The minimum Gasteiger partial charge on any atom is -0.504 e. The van der Waals surface area contributed by atoms with Crippen LogP contribution < -0.4 is 148 Å². The monoisotopic (exact) mass is 2200 g/mol. The third kappa shape index (κ3) is 59.3. The van der Waals surface area contributed by atoms with E-state index in [9.17, 15) is 45.0 Å². The quantitative estimate of drug-likeness (QED) is 0.0143. The van der Waals surface area contributed by atoms with Crippen LogP contribution in [0.25, 0.3) is 0 Å². The van der Waals surface area contributed by atoms with Gasteiger partial charge in [-0.05, 0) is 128 Å². The topological polar surface area (TPSA) is 478 Å². The summed E-state index contributed by atoms with van der Waals surface area (Å²) >= 11 is 0. The van der Waals surface area contributed by atoms with E-state index in [1.807, 2.05) is 0 Å². The van der Waals surface area contributed by atoms with Gasteiger partial charge >= 0.3 is 88.7 Å². The molecular weight excluding hydrogens is 2050 g/mol. The number of benzene rings is 6. The molecule has 0 bridgehead atoms. The van der Waals surface area contributed by atoms with E-state index in [-0.39, 0.29) is 396 Å². The maximum atomic E-state index is 15.9. The number of aromatic hydroxyl groups is 6. The number of phenols is 6. The summed E-state index contributed by atoms with van der Waals surface area (Å²) in [5.74, 6) is -4.09. The molecule has 0 atom stereocenters. The molecule has 6 rings (SSSR count). The van der Waals surface area contributed by atoms with Crippen LogP contribution in [0.2, 0.25) is 0 Å². The van der Waals surface area contributed by atoms with E-state index in [0.29, 0.717) is 136 Å². The third-order valence-electron chi connectivity index (χ3n) is 19.7. The van der Waals surface area contributed by atoms with Crippen molar-refractivity contribution in [3.8, 4) is 80.5 Å². The van der Waals surface area contributed by atoms with Crippen LogP contribution in [0, 0.1) is 45.4 Å². The Labute approximate surface area is 940 Å². The average Bonchev–Trinajstić information content (AvgIpc) is 0.822. The summed E-state index contributed by atoms with van der Waals surface area (Å²) in [6.45, 7) is 13.3. The molecule has 0 heterocycles. The Balaban J connectivity index is 0.0000249. The number of amides is 4. The van der Waals surface area contributed by atoms with Crippen molar-refractivity contribution in [2.45, 2.75) is 86.0 Å². The Morgan fingerprint density at radius 3 is 0.748 bits per heavy atom. The van der Waals surface area contributed by atoms with Gasteiger partial charge < -0.3 is 175 Å². The summed E-state index contributed by atoms with van der Waals surface area (Å²) in [4.78, 5) is 56.9. The molecule has 143 heavy (non-hydrogen) atoms. The molecular formula is C99H152GdN4Na3O36+3. The van der Waals surface area contributed by atoms with Gasteiger partial charge in [0, 0.05) is 120 Å². The van der Waals surface area contributed by atoms with Gasteiger partial charge in [0.05, 0.1) is 215 Å². The van der Waals surface area contributed by atoms with E-state index in [1.54, 1.807) is 85.1 Å². The van der Waals surface area contributed by atoms with Crippen LogP contribution in [0.4, 0.5) is 0 Å². The zero-order valence-electron chi connectivity index (χ0n) is 84.7. The van der Waals surface area contributed by atoms with Gasteiger partial charge in [0.1, 0.15) is 64.4 Å². The minimum atomic E-state index is -1.41. The largest absolute Gasteiger partial charge is 1.00 e. The number of hydrogen-bond donors (Lipinski definition) is 10. The van der Waals surface area contributed by atoms with Crippen molar-refractivity contribution in [3.63, 3.8) is 0 Å². The SMILES string of the molecule is C.CCC.COCCOCCOCCOc1cc(COc2cc(CNC(=O)C(CCCNC(=O)c3cccc(O)c3O)(CCCNC(=O)c3cccc(O)c3O)CCCNC(=O)c3cccc(O)c3O)cc(OCc3cc(OCCOCCOCCOC)c(OCCOCCOCCOC)c(OCCOCCOCCOC)c3)c2)cc(OCCOCCOCCOC)c1OCCOCCOCCOC.[Gd].[Na+].[Na+].[Na+]. The number of nitrogens with one attached hydrogen (secondary N) is 4. The van der Waals surface area contributed by atoms with Crippen LogP contribution in [0.5, 0.6) is 80.5 Å². The first-order valence-corrected chi connectivity index (χ1v) is 46.4. The normalized spacial score (nSPS) is 10.9. The van der Waals surface area contributed by atoms with Gasteiger partial charge in [0.25, 0.3) is 17.7 Å². The number of rotatable bonds is 84. The molecule has 0 aliphatic carbocycles. The van der Waals surface area contributed by atoms with E-state index in [4.69, 9.17) is 123 Å². The predicted molar refractivity (Wildman–Crippen MR) is 513 cm³/mol. The summed E-state index contributed by atoms with van der Waals surface area (Å²) in [6, 6.07) is 23.9. The summed E-state index contributed by atoms with van der Waals surface area (Å²) < 4.78 is 152. The van der Waals surface area contributed by atoms with Crippen molar-refractivity contribution in [1.82, 2.24) is 21.3 Å². The summed E-state index contributed by atoms with van der Waals surface area (Å²) in [7, 11) is 9.54. The van der Waals surface area contributed by atoms with Gasteiger partial charge in [0.15, 0.2) is 57.5 Å². The van der Waals surface area contributed by atoms with Crippen molar-refractivity contribution >= 4 is 23.6 Å². The Morgan fingerprint density at radius 2 is 0.510 bits per heavy atom. The minimum absolute atomic E-state index is 0. The first-order valence-electron chi connectivity index (χ1n) is 46.4. The molecule has 0 radical (unpaired) electrons. The Morgan fingerprint density at radius 1 is 0.287 bits per heavy atom. The van der Waals surface area contributed by atoms with Crippen molar-refractivity contribution in [3.05, 3.63) is 130 Å². The maximum Gasteiger partial charge on any atom is 1.00 e. The van der Waals surface area contributed by atoms with Gasteiger partial charge in [-0.2, -0.15) is 0 Å². The van der Waals surface area contributed by atoms with Crippen LogP contribution in [0.3, 0.4) is 0 Å². The second kappa shape index (κ2) is 88.9. The zero-order chi connectivity index (χ0) is 99.5.